The van der Waals surface area contributed by atoms with Crippen LogP contribution in [-0.4, -0.2) is 13.1 Å². The highest BCUT2D eigenvalue weighted by molar-refractivity contribution is 5.03. The molecule has 0 fully saturated rings. The lowest BCUT2D eigenvalue weighted by atomic mass is 9.87. The molecular weight excluding hydrogens is 160 g/mol. The summed E-state index contributed by atoms with van der Waals surface area (Å²) in [6.07, 6.45) is 3.35. The summed E-state index contributed by atoms with van der Waals surface area (Å²) >= 11 is 0. The number of hydrogen-bond donors (Lipinski definition) is 2. The van der Waals surface area contributed by atoms with Crippen molar-refractivity contribution in [1.82, 2.24) is 5.32 Å². The van der Waals surface area contributed by atoms with Crippen molar-refractivity contribution in [3.63, 3.8) is 0 Å². The smallest absolute Gasteiger partial charge is 0.0144 e. The number of nitrogens with two attached hydrogens (primary N) is 1. The van der Waals surface area contributed by atoms with Gasteiger partial charge in [0.1, 0.15) is 0 Å². The summed E-state index contributed by atoms with van der Waals surface area (Å²) in [5.41, 5.74) is 6.76. The molecule has 0 rings (SSSR count). The maximum absolute atomic E-state index is 5.41. The Bertz CT molecular complexity index is 150. The van der Waals surface area contributed by atoms with Gasteiger partial charge in [-0.2, -0.15) is 0 Å². The molecule has 0 saturated carbocycles. The van der Waals surface area contributed by atoms with Gasteiger partial charge in [-0.25, -0.2) is 0 Å². The molecule has 0 atom stereocenters. The van der Waals surface area contributed by atoms with E-state index < -0.39 is 0 Å². The zero-order chi connectivity index (χ0) is 10.3. The lowest BCUT2D eigenvalue weighted by Crippen LogP contribution is -2.26. The monoisotopic (exact) mass is 184 g/mol. The first kappa shape index (κ1) is 12.5. The zero-order valence-corrected chi connectivity index (χ0v) is 9.32. The van der Waals surface area contributed by atoms with Gasteiger partial charge in [0.05, 0.1) is 0 Å². The van der Waals surface area contributed by atoms with Crippen molar-refractivity contribution in [2.75, 3.05) is 13.1 Å². The number of nitrogens with one attached hydrogen (secondary N) is 1. The van der Waals surface area contributed by atoms with Crippen LogP contribution < -0.4 is 11.1 Å². The maximum atomic E-state index is 5.41. The average Bonchev–Trinajstić information content (AvgIpc) is 2.12. The molecule has 13 heavy (non-hydrogen) atoms. The molecule has 0 aliphatic rings. The SMILES string of the molecule is C=C(NCCCCN)C(C)(C)CC. The number of allylic oxidation sites excluding steroid dienone is 1. The summed E-state index contributed by atoms with van der Waals surface area (Å²) in [6.45, 7) is 12.4. The van der Waals surface area contributed by atoms with E-state index in [0.717, 1.165) is 38.0 Å². The summed E-state index contributed by atoms with van der Waals surface area (Å²) in [4.78, 5) is 0. The molecule has 3 N–H and O–H groups in total. The van der Waals surface area contributed by atoms with Crippen LogP contribution in [0.1, 0.15) is 40.0 Å². The summed E-state index contributed by atoms with van der Waals surface area (Å²) in [5.74, 6) is 0. The Labute approximate surface area is 82.6 Å². The summed E-state index contributed by atoms with van der Waals surface area (Å²) in [6, 6.07) is 0. The molecule has 0 unspecified atom stereocenters. The van der Waals surface area contributed by atoms with Crippen molar-refractivity contribution in [2.45, 2.75) is 40.0 Å². The average molecular weight is 184 g/mol. The van der Waals surface area contributed by atoms with Gasteiger partial charge in [0, 0.05) is 17.7 Å². The molecule has 0 aliphatic carbocycles. The lowest BCUT2D eigenvalue weighted by molar-refractivity contribution is 0.398. The van der Waals surface area contributed by atoms with Crippen molar-refractivity contribution in [2.24, 2.45) is 11.1 Å². The Morgan fingerprint density at radius 1 is 1.38 bits per heavy atom. The molecule has 0 heterocycles. The third-order valence-corrected chi connectivity index (χ3v) is 2.67. The molecule has 2 heteroatoms. The van der Waals surface area contributed by atoms with E-state index in [2.05, 4.69) is 32.7 Å². The highest BCUT2D eigenvalue weighted by Gasteiger charge is 2.18. The minimum atomic E-state index is 0.211. The van der Waals surface area contributed by atoms with Crippen molar-refractivity contribution < 1.29 is 0 Å². The largest absolute Gasteiger partial charge is 0.388 e. The number of hydrogen-bond acceptors (Lipinski definition) is 2. The molecule has 0 aromatic rings. The molecule has 0 radical (unpaired) electrons. The number of rotatable bonds is 7. The van der Waals surface area contributed by atoms with Crippen LogP contribution in [0.15, 0.2) is 12.3 Å². The molecule has 78 valence electrons. The van der Waals surface area contributed by atoms with Gasteiger partial charge < -0.3 is 11.1 Å². The predicted octanol–water partition coefficient (Wildman–Crippen LogP) is 2.26. The van der Waals surface area contributed by atoms with E-state index >= 15 is 0 Å². The van der Waals surface area contributed by atoms with E-state index in [0.29, 0.717) is 0 Å². The number of unbranched alkanes of at least 4 members (excludes halogenated alkanes) is 1. The molecule has 0 amide bonds. The molecule has 0 spiro atoms. The van der Waals surface area contributed by atoms with E-state index in [-0.39, 0.29) is 5.41 Å². The summed E-state index contributed by atoms with van der Waals surface area (Å²) < 4.78 is 0. The topological polar surface area (TPSA) is 38.0 Å². The van der Waals surface area contributed by atoms with Gasteiger partial charge in [0.25, 0.3) is 0 Å². The van der Waals surface area contributed by atoms with E-state index in [1.165, 1.54) is 0 Å². The van der Waals surface area contributed by atoms with Crippen molar-refractivity contribution in [1.29, 1.82) is 0 Å². The van der Waals surface area contributed by atoms with Gasteiger partial charge in [-0.3, -0.25) is 0 Å². The van der Waals surface area contributed by atoms with E-state index in [9.17, 15) is 0 Å². The Hall–Kier alpha value is -0.500. The molecule has 0 aromatic heterocycles. The van der Waals surface area contributed by atoms with Crippen molar-refractivity contribution in [3.05, 3.63) is 12.3 Å². The van der Waals surface area contributed by atoms with Crippen LogP contribution in [0.3, 0.4) is 0 Å². The first-order valence-electron chi connectivity index (χ1n) is 5.18. The van der Waals surface area contributed by atoms with E-state index in [1.54, 1.807) is 0 Å². The quantitative estimate of drug-likeness (QED) is 0.596. The fourth-order valence-corrected chi connectivity index (χ4v) is 0.961. The van der Waals surface area contributed by atoms with Crippen LogP contribution in [0.4, 0.5) is 0 Å². The molecule has 0 aliphatic heterocycles. The fourth-order valence-electron chi connectivity index (χ4n) is 0.961. The van der Waals surface area contributed by atoms with Gasteiger partial charge in [0.15, 0.2) is 0 Å². The Kier molecular flexibility index (Phi) is 5.80. The van der Waals surface area contributed by atoms with Crippen LogP contribution in [-0.2, 0) is 0 Å². The lowest BCUT2D eigenvalue weighted by Gasteiger charge is -2.26. The van der Waals surface area contributed by atoms with Crippen molar-refractivity contribution in [3.8, 4) is 0 Å². The van der Waals surface area contributed by atoms with E-state index in [1.807, 2.05) is 0 Å². The van der Waals surface area contributed by atoms with Gasteiger partial charge in [-0.1, -0.05) is 27.4 Å². The second kappa shape index (κ2) is 6.03. The fraction of sp³-hybridized carbons (Fsp3) is 0.818. The Morgan fingerprint density at radius 2 is 2.00 bits per heavy atom. The van der Waals surface area contributed by atoms with Gasteiger partial charge in [-0.05, 0) is 25.8 Å². The normalized spacial score (nSPS) is 11.4. The van der Waals surface area contributed by atoms with Crippen molar-refractivity contribution >= 4 is 0 Å². The minimum Gasteiger partial charge on any atom is -0.388 e. The van der Waals surface area contributed by atoms with Crippen LogP contribution in [0.2, 0.25) is 0 Å². The second-order valence-electron chi connectivity index (χ2n) is 4.14. The maximum Gasteiger partial charge on any atom is 0.0144 e. The highest BCUT2D eigenvalue weighted by atomic mass is 14.9. The third kappa shape index (κ3) is 4.94. The molecule has 0 saturated heterocycles. The van der Waals surface area contributed by atoms with Gasteiger partial charge in [0.2, 0.25) is 0 Å². The van der Waals surface area contributed by atoms with Crippen LogP contribution in [0.25, 0.3) is 0 Å². The molecule has 0 aromatic carbocycles. The molecule has 2 nitrogen and oxygen atoms in total. The second-order valence-corrected chi connectivity index (χ2v) is 4.14. The highest BCUT2D eigenvalue weighted by Crippen LogP contribution is 2.26. The first-order valence-corrected chi connectivity index (χ1v) is 5.18. The predicted molar refractivity (Wildman–Crippen MR) is 59.5 cm³/mol. The van der Waals surface area contributed by atoms with Crippen LogP contribution in [0.5, 0.6) is 0 Å². The Morgan fingerprint density at radius 3 is 2.46 bits per heavy atom. The van der Waals surface area contributed by atoms with Crippen LogP contribution >= 0.6 is 0 Å². The first-order chi connectivity index (χ1) is 6.04. The third-order valence-electron chi connectivity index (χ3n) is 2.67. The van der Waals surface area contributed by atoms with Crippen LogP contribution in [0, 0.1) is 5.41 Å². The zero-order valence-electron chi connectivity index (χ0n) is 9.32. The molecule has 0 bridgehead atoms. The van der Waals surface area contributed by atoms with Gasteiger partial charge >= 0.3 is 0 Å². The van der Waals surface area contributed by atoms with Gasteiger partial charge in [-0.15, -0.1) is 0 Å². The van der Waals surface area contributed by atoms with E-state index in [4.69, 9.17) is 5.73 Å². The molecular formula is C11H24N2. The standard InChI is InChI=1S/C11H24N2/c1-5-11(3,4)10(2)13-9-7-6-8-12/h13H,2,5-9,12H2,1,3-4H3. The summed E-state index contributed by atoms with van der Waals surface area (Å²) in [5, 5.41) is 3.36. The minimum absolute atomic E-state index is 0.211. The summed E-state index contributed by atoms with van der Waals surface area (Å²) in [7, 11) is 0. The Balaban J connectivity index is 3.62.